The minimum absolute atomic E-state index is 0.00939. The molecule has 3 heterocycles. The Labute approximate surface area is 231 Å². The van der Waals surface area contributed by atoms with Crippen LogP contribution in [0.1, 0.15) is 33.6 Å². The van der Waals surface area contributed by atoms with Gasteiger partial charge in [-0.2, -0.15) is 0 Å². The summed E-state index contributed by atoms with van der Waals surface area (Å²) in [5.74, 6) is -2.29. The highest BCUT2D eigenvalue weighted by molar-refractivity contribution is 6.01. The fourth-order valence-corrected chi connectivity index (χ4v) is 5.31. The molecule has 0 radical (unpaired) electrons. The highest BCUT2D eigenvalue weighted by Crippen LogP contribution is 2.41. The number of anilines is 4. The Bertz CT molecular complexity index is 1430. The largest absolute Gasteiger partial charge is 0.476 e. The van der Waals surface area contributed by atoms with E-state index in [4.69, 9.17) is 4.74 Å². The lowest BCUT2D eigenvalue weighted by molar-refractivity contribution is -0.126. The van der Waals surface area contributed by atoms with Crippen molar-refractivity contribution in [1.82, 2.24) is 14.9 Å². The topological polar surface area (TPSA) is 73.8 Å². The first kappa shape index (κ1) is 27.7. The number of nitrogens with one attached hydrogen (secondary N) is 1. The van der Waals surface area contributed by atoms with Crippen molar-refractivity contribution in [3.63, 3.8) is 0 Å². The molecule has 2 aromatic carbocycles. The van der Waals surface area contributed by atoms with E-state index in [-0.39, 0.29) is 46.4 Å². The molecule has 0 saturated carbocycles. The fraction of sp³-hybridized carbons (Fsp3) is 0.414. The summed E-state index contributed by atoms with van der Waals surface area (Å²) in [6.45, 7) is 6.68. The number of aromatic nitrogens is 2. The van der Waals surface area contributed by atoms with Gasteiger partial charge in [-0.3, -0.25) is 4.79 Å². The molecular formula is C29H33F3N6O2. The Morgan fingerprint density at radius 2 is 1.75 bits per heavy atom. The highest BCUT2D eigenvalue weighted by Gasteiger charge is 2.35. The van der Waals surface area contributed by atoms with Gasteiger partial charge in [0.25, 0.3) is 5.91 Å². The number of hydrogen-bond acceptors (Lipinski definition) is 7. The number of benzene rings is 2. The molecule has 0 spiro atoms. The number of carbonyl (C=O) groups excluding carboxylic acids is 1. The molecule has 1 fully saturated rings. The molecule has 5 rings (SSSR count). The minimum Gasteiger partial charge on any atom is -0.476 e. The van der Waals surface area contributed by atoms with Gasteiger partial charge in [-0.15, -0.1) is 0 Å². The SMILES string of the molecule is CC1Oc2c(F)cc(-c3nc(Nc4ccc(N5CCC(N(C)C)CC5)c(F)c4)ncc3F)cc2N(C(C)C)C1=O. The average Bonchev–Trinajstić information content (AvgIpc) is 2.91. The van der Waals surface area contributed by atoms with Crippen molar-refractivity contribution < 1.29 is 22.7 Å². The maximum Gasteiger partial charge on any atom is 0.268 e. The Hall–Kier alpha value is -3.86. The van der Waals surface area contributed by atoms with Gasteiger partial charge in [0.15, 0.2) is 23.5 Å². The molecule has 1 amide bonds. The smallest absolute Gasteiger partial charge is 0.268 e. The maximum atomic E-state index is 15.1. The van der Waals surface area contributed by atoms with Crippen LogP contribution in [0.25, 0.3) is 11.3 Å². The number of piperidine rings is 1. The third kappa shape index (κ3) is 5.30. The van der Waals surface area contributed by atoms with Gasteiger partial charge in [-0.05, 0) is 78.0 Å². The lowest BCUT2D eigenvalue weighted by Gasteiger charge is -2.36. The summed E-state index contributed by atoms with van der Waals surface area (Å²) in [6.07, 6.45) is 2.02. The van der Waals surface area contributed by atoms with E-state index in [1.54, 1.807) is 32.9 Å². The number of carbonyl (C=O) groups is 1. The molecule has 1 atom stereocenters. The Balaban J connectivity index is 1.40. The van der Waals surface area contributed by atoms with Crippen LogP contribution < -0.4 is 19.9 Å². The molecule has 11 heteroatoms. The standard InChI is InChI=1S/C29H33F3N6O2/c1-16(2)38-25-13-18(12-22(31)27(25)40-17(3)28(38)39)26-23(32)15-33-29(35-26)34-19-6-7-24(21(30)14-19)37-10-8-20(9-11-37)36(4)5/h6-7,12-17,20H,8-11H2,1-5H3,(H,33,34,35). The van der Waals surface area contributed by atoms with Gasteiger partial charge < -0.3 is 24.8 Å². The van der Waals surface area contributed by atoms with Gasteiger partial charge >= 0.3 is 0 Å². The van der Waals surface area contributed by atoms with E-state index in [2.05, 4.69) is 34.3 Å². The van der Waals surface area contributed by atoms with Gasteiger partial charge in [-0.1, -0.05) is 0 Å². The Morgan fingerprint density at radius 3 is 2.40 bits per heavy atom. The van der Waals surface area contributed by atoms with Crippen LogP contribution in [0.3, 0.4) is 0 Å². The zero-order valence-corrected chi connectivity index (χ0v) is 23.2. The van der Waals surface area contributed by atoms with Crippen LogP contribution in [-0.2, 0) is 4.79 Å². The molecule has 2 aliphatic heterocycles. The van der Waals surface area contributed by atoms with Crippen molar-refractivity contribution in [3.05, 3.63) is 54.0 Å². The van der Waals surface area contributed by atoms with Crippen LogP contribution in [0.15, 0.2) is 36.5 Å². The number of halogens is 3. The van der Waals surface area contributed by atoms with Crippen molar-refractivity contribution in [3.8, 4) is 17.0 Å². The zero-order chi connectivity index (χ0) is 28.7. The van der Waals surface area contributed by atoms with Crippen molar-refractivity contribution >= 4 is 28.9 Å². The van der Waals surface area contributed by atoms with E-state index in [1.165, 1.54) is 17.0 Å². The molecule has 0 bridgehead atoms. The predicted molar refractivity (Wildman–Crippen MR) is 149 cm³/mol. The number of rotatable bonds is 6. The number of nitrogens with zero attached hydrogens (tertiary/aromatic N) is 5. The van der Waals surface area contributed by atoms with Crippen molar-refractivity contribution in [1.29, 1.82) is 0 Å². The highest BCUT2D eigenvalue weighted by atomic mass is 19.1. The predicted octanol–water partition coefficient (Wildman–Crippen LogP) is 5.36. The second kappa shape index (κ2) is 11.0. The van der Waals surface area contributed by atoms with Crippen LogP contribution in [-0.4, -0.2) is 66.1 Å². The average molecular weight is 555 g/mol. The summed E-state index contributed by atoms with van der Waals surface area (Å²) in [5, 5.41) is 2.91. The summed E-state index contributed by atoms with van der Waals surface area (Å²) < 4.78 is 50.6. The molecule has 0 aliphatic carbocycles. The molecule has 1 aromatic heterocycles. The first-order valence-corrected chi connectivity index (χ1v) is 13.4. The molecule has 8 nitrogen and oxygen atoms in total. The van der Waals surface area contributed by atoms with E-state index in [0.717, 1.165) is 38.2 Å². The minimum atomic E-state index is -0.849. The van der Waals surface area contributed by atoms with E-state index < -0.39 is 17.7 Å². The van der Waals surface area contributed by atoms with Crippen LogP contribution in [0.4, 0.5) is 36.2 Å². The van der Waals surface area contributed by atoms with Gasteiger partial charge in [0.05, 0.1) is 17.6 Å². The van der Waals surface area contributed by atoms with Crippen LogP contribution in [0.2, 0.25) is 0 Å². The number of fused-ring (bicyclic) bond motifs is 1. The van der Waals surface area contributed by atoms with Gasteiger partial charge in [-0.25, -0.2) is 23.1 Å². The Kier molecular flexibility index (Phi) is 7.59. The normalized spacial score (nSPS) is 17.9. The third-order valence-corrected chi connectivity index (χ3v) is 7.44. The molecule has 2 aliphatic rings. The summed E-state index contributed by atoms with van der Waals surface area (Å²) in [7, 11) is 4.12. The van der Waals surface area contributed by atoms with Crippen LogP contribution >= 0.6 is 0 Å². The lowest BCUT2D eigenvalue weighted by Crippen LogP contribution is -2.48. The second-order valence-corrected chi connectivity index (χ2v) is 10.7. The Morgan fingerprint density at radius 1 is 1.02 bits per heavy atom. The third-order valence-electron chi connectivity index (χ3n) is 7.44. The van der Waals surface area contributed by atoms with Crippen LogP contribution in [0, 0.1) is 17.5 Å². The lowest BCUT2D eigenvalue weighted by atomic mass is 10.0. The molecule has 3 aromatic rings. The number of ether oxygens (including phenoxy) is 1. The molecule has 1 saturated heterocycles. The van der Waals surface area contributed by atoms with Gasteiger partial charge in [0.2, 0.25) is 5.95 Å². The molecule has 212 valence electrons. The van der Waals surface area contributed by atoms with Crippen molar-refractivity contribution in [2.24, 2.45) is 0 Å². The number of hydrogen-bond donors (Lipinski definition) is 1. The van der Waals surface area contributed by atoms with E-state index in [0.29, 0.717) is 17.4 Å². The zero-order valence-electron chi connectivity index (χ0n) is 23.2. The van der Waals surface area contributed by atoms with Crippen molar-refractivity contribution in [2.75, 3.05) is 42.3 Å². The maximum absolute atomic E-state index is 15.1. The van der Waals surface area contributed by atoms with Crippen LogP contribution in [0.5, 0.6) is 5.75 Å². The van der Waals surface area contributed by atoms with E-state index in [1.807, 2.05) is 4.90 Å². The second-order valence-electron chi connectivity index (χ2n) is 10.7. The van der Waals surface area contributed by atoms with Gasteiger partial charge in [0, 0.05) is 36.4 Å². The quantitative estimate of drug-likeness (QED) is 0.440. The summed E-state index contributed by atoms with van der Waals surface area (Å²) in [5.41, 5.74) is 1.05. The van der Waals surface area contributed by atoms with E-state index >= 15 is 8.78 Å². The molecular weight excluding hydrogens is 521 g/mol. The van der Waals surface area contributed by atoms with E-state index in [9.17, 15) is 9.18 Å². The molecule has 1 unspecified atom stereocenters. The summed E-state index contributed by atoms with van der Waals surface area (Å²) in [6, 6.07) is 7.56. The number of amides is 1. The molecule has 1 N–H and O–H groups in total. The van der Waals surface area contributed by atoms with Gasteiger partial charge in [0.1, 0.15) is 11.5 Å². The first-order chi connectivity index (χ1) is 19.0. The molecule has 40 heavy (non-hydrogen) atoms. The fourth-order valence-electron chi connectivity index (χ4n) is 5.31. The summed E-state index contributed by atoms with van der Waals surface area (Å²) in [4.78, 5) is 26.6. The summed E-state index contributed by atoms with van der Waals surface area (Å²) >= 11 is 0. The monoisotopic (exact) mass is 554 g/mol. The van der Waals surface area contributed by atoms with Crippen molar-refractivity contribution in [2.45, 2.75) is 51.8 Å². The first-order valence-electron chi connectivity index (χ1n) is 13.4.